The number of methoxy groups -OCH3 is 2. The molecule has 0 aliphatic rings. The highest BCUT2D eigenvalue weighted by Crippen LogP contribution is 2.37. The van der Waals surface area contributed by atoms with Crippen molar-refractivity contribution in [3.8, 4) is 11.4 Å². The molecule has 4 N–H and O–H groups in total. The number of ether oxygens (including phenoxy) is 2. The molecule has 0 atom stereocenters. The van der Waals surface area contributed by atoms with E-state index in [1.54, 1.807) is 11.7 Å². The minimum absolute atomic E-state index is 0.0386. The Morgan fingerprint density at radius 1 is 1.21 bits per heavy atom. The van der Waals surface area contributed by atoms with Gasteiger partial charge in [0.2, 0.25) is 0 Å². The second-order valence-electron chi connectivity index (χ2n) is 6.37. The van der Waals surface area contributed by atoms with Crippen molar-refractivity contribution in [2.45, 2.75) is 27.3 Å². The van der Waals surface area contributed by atoms with E-state index in [4.69, 9.17) is 20.9 Å². The molecule has 9 nitrogen and oxygen atoms in total. The Morgan fingerprint density at radius 2 is 1.89 bits per heavy atom. The fraction of sp³-hybridized carbons (Fsp3) is 0.316. The van der Waals surface area contributed by atoms with Gasteiger partial charge >= 0.3 is 5.97 Å². The zero-order valence-corrected chi connectivity index (χ0v) is 16.5. The van der Waals surface area contributed by atoms with Crippen molar-refractivity contribution in [3.63, 3.8) is 0 Å². The number of hydrogen-bond acceptors (Lipinski definition) is 6. The molecule has 3 aromatic rings. The van der Waals surface area contributed by atoms with Crippen LogP contribution in [0.15, 0.2) is 12.1 Å². The largest absolute Gasteiger partial charge is 0.496 e. The fourth-order valence-corrected chi connectivity index (χ4v) is 3.58. The van der Waals surface area contributed by atoms with E-state index >= 15 is 0 Å². The molecule has 0 bridgehead atoms. The van der Waals surface area contributed by atoms with Gasteiger partial charge in [-0.1, -0.05) is 6.07 Å². The van der Waals surface area contributed by atoms with E-state index in [1.807, 2.05) is 32.9 Å². The summed E-state index contributed by atoms with van der Waals surface area (Å²) in [7, 11) is 2.84. The molecule has 2 aromatic heterocycles. The van der Waals surface area contributed by atoms with Crippen molar-refractivity contribution in [2.24, 2.45) is 5.73 Å². The molecule has 0 aliphatic heterocycles. The van der Waals surface area contributed by atoms with Crippen molar-refractivity contribution in [1.82, 2.24) is 14.3 Å². The van der Waals surface area contributed by atoms with E-state index in [1.165, 1.54) is 11.8 Å². The summed E-state index contributed by atoms with van der Waals surface area (Å²) >= 11 is 0. The van der Waals surface area contributed by atoms with Crippen LogP contribution in [0.2, 0.25) is 0 Å². The number of amides is 1. The molecule has 1 aromatic carbocycles. The van der Waals surface area contributed by atoms with E-state index in [9.17, 15) is 9.59 Å². The van der Waals surface area contributed by atoms with Gasteiger partial charge in [-0.25, -0.2) is 4.79 Å². The first-order valence-corrected chi connectivity index (χ1v) is 8.71. The third-order valence-electron chi connectivity index (χ3n) is 4.84. The molecule has 0 fully saturated rings. The number of aryl methyl sites for hydroxylation is 2. The van der Waals surface area contributed by atoms with Gasteiger partial charge in [0.1, 0.15) is 11.6 Å². The topological polar surface area (TPSA) is 127 Å². The minimum atomic E-state index is -0.750. The first-order valence-electron chi connectivity index (χ1n) is 8.71. The lowest BCUT2D eigenvalue weighted by atomic mass is 10.1. The van der Waals surface area contributed by atoms with Crippen LogP contribution in [0.5, 0.6) is 5.75 Å². The smallest absolute Gasteiger partial charge is 0.357 e. The Morgan fingerprint density at radius 3 is 2.43 bits per heavy atom. The number of hydrogen-bond donors (Lipinski definition) is 2. The Hall–Kier alpha value is -3.49. The lowest BCUT2D eigenvalue weighted by Gasteiger charge is -2.16. The number of rotatable bonds is 5. The number of nitrogens with two attached hydrogens (primary N) is 2. The van der Waals surface area contributed by atoms with Crippen LogP contribution in [0.1, 0.15) is 38.9 Å². The van der Waals surface area contributed by atoms with Crippen molar-refractivity contribution < 1.29 is 19.1 Å². The molecule has 0 radical (unpaired) electrons. The molecule has 28 heavy (non-hydrogen) atoms. The van der Waals surface area contributed by atoms with Gasteiger partial charge in [-0.15, -0.1) is 0 Å². The summed E-state index contributed by atoms with van der Waals surface area (Å²) in [6.07, 6.45) is 0. The summed E-state index contributed by atoms with van der Waals surface area (Å²) in [5, 5.41) is 4.81. The third kappa shape index (κ3) is 2.58. The Bertz CT molecular complexity index is 1110. The van der Waals surface area contributed by atoms with E-state index < -0.39 is 11.9 Å². The molecule has 0 spiro atoms. The zero-order valence-electron chi connectivity index (χ0n) is 16.5. The maximum absolute atomic E-state index is 12.4. The average Bonchev–Trinajstić information content (AvgIpc) is 3.15. The predicted molar refractivity (Wildman–Crippen MR) is 105 cm³/mol. The quantitative estimate of drug-likeness (QED) is 0.646. The number of benzene rings is 1. The highest BCUT2D eigenvalue weighted by Gasteiger charge is 2.31. The molecule has 0 saturated carbocycles. The number of nitrogen functional groups attached to an aromatic ring is 1. The van der Waals surface area contributed by atoms with Gasteiger partial charge in [-0.3, -0.25) is 14.0 Å². The summed E-state index contributed by atoms with van der Waals surface area (Å²) in [5.41, 5.74) is 14.9. The normalized spacial score (nSPS) is 11.0. The summed E-state index contributed by atoms with van der Waals surface area (Å²) in [5.74, 6) is -0.605. The maximum atomic E-state index is 12.4. The number of anilines is 1. The van der Waals surface area contributed by atoms with E-state index in [2.05, 4.69) is 5.10 Å². The second kappa shape index (κ2) is 6.91. The van der Waals surface area contributed by atoms with Gasteiger partial charge in [0.25, 0.3) is 5.91 Å². The van der Waals surface area contributed by atoms with Gasteiger partial charge in [0, 0.05) is 12.1 Å². The number of aromatic nitrogens is 3. The lowest BCUT2D eigenvalue weighted by Crippen LogP contribution is -2.17. The van der Waals surface area contributed by atoms with Crippen LogP contribution in [0.25, 0.3) is 16.7 Å². The van der Waals surface area contributed by atoms with Crippen molar-refractivity contribution >= 4 is 28.7 Å². The van der Waals surface area contributed by atoms with Crippen LogP contribution >= 0.6 is 0 Å². The number of primary amides is 1. The number of carbonyl (C=O) groups excluding carboxylic acids is 2. The molecular formula is C19H23N5O4. The number of carbonyl (C=O) groups is 2. The van der Waals surface area contributed by atoms with Gasteiger partial charge in [0.15, 0.2) is 11.3 Å². The third-order valence-corrected chi connectivity index (χ3v) is 4.84. The summed E-state index contributed by atoms with van der Waals surface area (Å²) in [6.45, 7) is 6.02. The number of fused-ring (bicyclic) bond motifs is 1. The Balaban J connectivity index is 2.54. The average molecular weight is 385 g/mol. The Kier molecular flexibility index (Phi) is 4.76. The standard InChI is InChI=1S/C19H23N5O4/c1-6-23-15(19(26)28-5)12-13(17(21)25)16(20)24(18(12)22-23)14-9(2)7-8-11(27-4)10(14)3/h7-8H,6,20H2,1-5H3,(H2,21,25). The van der Waals surface area contributed by atoms with Crippen molar-refractivity contribution in [1.29, 1.82) is 0 Å². The second-order valence-corrected chi connectivity index (χ2v) is 6.37. The molecule has 148 valence electrons. The Labute approximate surface area is 161 Å². The number of esters is 1. The first kappa shape index (κ1) is 19.3. The van der Waals surface area contributed by atoms with Gasteiger partial charge in [-0.05, 0) is 32.4 Å². The summed E-state index contributed by atoms with van der Waals surface area (Å²) in [4.78, 5) is 24.7. The SMILES string of the molecule is CCn1nc2c(c(C(N)=O)c(N)n2-c2c(C)ccc(OC)c2C)c1C(=O)OC. The van der Waals surface area contributed by atoms with E-state index in [0.29, 0.717) is 23.6 Å². The highest BCUT2D eigenvalue weighted by molar-refractivity contribution is 6.16. The molecule has 0 aliphatic carbocycles. The monoisotopic (exact) mass is 385 g/mol. The van der Waals surface area contributed by atoms with E-state index in [0.717, 1.165) is 11.1 Å². The lowest BCUT2D eigenvalue weighted by molar-refractivity contribution is 0.0589. The van der Waals surface area contributed by atoms with Crippen LogP contribution < -0.4 is 16.2 Å². The number of nitrogens with zero attached hydrogens (tertiary/aromatic N) is 3. The predicted octanol–water partition coefficient (Wildman–Crippen LogP) is 1.94. The molecule has 2 heterocycles. The highest BCUT2D eigenvalue weighted by atomic mass is 16.5. The van der Waals surface area contributed by atoms with Crippen LogP contribution in [0, 0.1) is 13.8 Å². The summed E-state index contributed by atoms with van der Waals surface area (Å²) < 4.78 is 13.4. The van der Waals surface area contributed by atoms with Gasteiger partial charge < -0.3 is 20.9 Å². The molecule has 0 unspecified atom stereocenters. The molecule has 9 heteroatoms. The van der Waals surface area contributed by atoms with Crippen molar-refractivity contribution in [2.75, 3.05) is 20.0 Å². The minimum Gasteiger partial charge on any atom is -0.496 e. The molecule has 0 saturated heterocycles. The van der Waals surface area contributed by atoms with Crippen LogP contribution in [0.4, 0.5) is 5.82 Å². The maximum Gasteiger partial charge on any atom is 0.357 e. The molecular weight excluding hydrogens is 362 g/mol. The van der Waals surface area contributed by atoms with Crippen molar-refractivity contribution in [3.05, 3.63) is 34.5 Å². The van der Waals surface area contributed by atoms with E-state index in [-0.39, 0.29) is 22.5 Å². The first-order chi connectivity index (χ1) is 13.3. The van der Waals surface area contributed by atoms with Crippen LogP contribution in [-0.2, 0) is 11.3 Å². The molecule has 1 amide bonds. The van der Waals surface area contributed by atoms with Gasteiger partial charge in [-0.2, -0.15) is 5.10 Å². The van der Waals surface area contributed by atoms with Gasteiger partial charge in [0.05, 0.1) is 30.9 Å². The molecule has 3 rings (SSSR count). The zero-order chi connectivity index (χ0) is 20.7. The summed E-state index contributed by atoms with van der Waals surface area (Å²) in [6, 6.07) is 3.74. The van der Waals surface area contributed by atoms with Crippen LogP contribution in [-0.4, -0.2) is 40.4 Å². The fourth-order valence-electron chi connectivity index (χ4n) is 3.58. The van der Waals surface area contributed by atoms with Crippen LogP contribution in [0.3, 0.4) is 0 Å².